The van der Waals surface area contributed by atoms with Crippen molar-refractivity contribution in [3.05, 3.63) is 18.2 Å². The maximum atomic E-state index is 11.2. The number of hydrogen-bond acceptors (Lipinski definition) is 3. The van der Waals surface area contributed by atoms with Gasteiger partial charge in [0, 0.05) is 25.4 Å². The lowest BCUT2D eigenvalue weighted by Crippen LogP contribution is -2.40. The Morgan fingerprint density at radius 2 is 2.57 bits per heavy atom. The van der Waals surface area contributed by atoms with Crippen LogP contribution in [0.25, 0.3) is 0 Å². The van der Waals surface area contributed by atoms with Gasteiger partial charge in [0.15, 0.2) is 0 Å². The van der Waals surface area contributed by atoms with Crippen LogP contribution in [0.3, 0.4) is 0 Å². The molecule has 0 unspecified atom stereocenters. The van der Waals surface area contributed by atoms with Crippen molar-refractivity contribution in [2.75, 3.05) is 6.54 Å². The van der Waals surface area contributed by atoms with E-state index < -0.39 is 6.04 Å². The van der Waals surface area contributed by atoms with Crippen LogP contribution in [-0.2, 0) is 11.2 Å². The second kappa shape index (κ2) is 5.39. The molecular formula is C9H16N4O. The SMILES string of the molecule is CC[C@H](N)C(=O)NCCc1ncc[nH]1. The predicted octanol–water partition coefficient (Wildman–Crippen LogP) is -0.194. The maximum Gasteiger partial charge on any atom is 0.236 e. The largest absolute Gasteiger partial charge is 0.354 e. The Morgan fingerprint density at radius 3 is 3.14 bits per heavy atom. The van der Waals surface area contributed by atoms with E-state index in [1.165, 1.54) is 0 Å². The molecule has 0 aromatic carbocycles. The highest BCUT2D eigenvalue weighted by Gasteiger charge is 2.09. The Balaban J connectivity index is 2.18. The first-order valence-electron chi connectivity index (χ1n) is 4.75. The Kier molecular flexibility index (Phi) is 4.12. The van der Waals surface area contributed by atoms with Gasteiger partial charge in [-0.25, -0.2) is 4.98 Å². The van der Waals surface area contributed by atoms with E-state index in [1.807, 2.05) is 6.92 Å². The number of hydrogen-bond donors (Lipinski definition) is 3. The van der Waals surface area contributed by atoms with Gasteiger partial charge in [-0.15, -0.1) is 0 Å². The van der Waals surface area contributed by atoms with E-state index in [0.29, 0.717) is 19.4 Å². The van der Waals surface area contributed by atoms with Gasteiger partial charge in [-0.2, -0.15) is 0 Å². The minimum Gasteiger partial charge on any atom is -0.354 e. The van der Waals surface area contributed by atoms with Gasteiger partial charge in [-0.05, 0) is 6.42 Å². The first kappa shape index (κ1) is 10.7. The highest BCUT2D eigenvalue weighted by molar-refractivity contribution is 5.81. The second-order valence-corrected chi connectivity index (χ2v) is 3.09. The molecule has 1 amide bonds. The molecule has 0 saturated heterocycles. The third-order valence-electron chi connectivity index (χ3n) is 1.99. The molecule has 1 heterocycles. The molecule has 0 fully saturated rings. The third kappa shape index (κ3) is 3.18. The van der Waals surface area contributed by atoms with E-state index in [0.717, 1.165) is 5.82 Å². The molecule has 0 radical (unpaired) electrons. The number of aromatic amines is 1. The average molecular weight is 196 g/mol. The molecule has 5 nitrogen and oxygen atoms in total. The van der Waals surface area contributed by atoms with Crippen molar-refractivity contribution in [2.45, 2.75) is 25.8 Å². The van der Waals surface area contributed by atoms with Crippen molar-refractivity contribution in [1.29, 1.82) is 0 Å². The molecule has 4 N–H and O–H groups in total. The molecule has 0 aliphatic rings. The second-order valence-electron chi connectivity index (χ2n) is 3.09. The maximum absolute atomic E-state index is 11.2. The van der Waals surface area contributed by atoms with E-state index in [1.54, 1.807) is 12.4 Å². The molecule has 1 atom stereocenters. The van der Waals surface area contributed by atoms with Crippen LogP contribution in [0.2, 0.25) is 0 Å². The Hall–Kier alpha value is -1.36. The van der Waals surface area contributed by atoms with Crippen molar-refractivity contribution in [3.8, 4) is 0 Å². The highest BCUT2D eigenvalue weighted by atomic mass is 16.2. The number of carbonyl (C=O) groups is 1. The van der Waals surface area contributed by atoms with Gasteiger partial charge in [0.05, 0.1) is 6.04 Å². The molecule has 0 aliphatic carbocycles. The lowest BCUT2D eigenvalue weighted by molar-refractivity contribution is -0.122. The monoisotopic (exact) mass is 196 g/mol. The van der Waals surface area contributed by atoms with Crippen molar-refractivity contribution in [2.24, 2.45) is 5.73 Å². The highest BCUT2D eigenvalue weighted by Crippen LogP contribution is 1.89. The number of aromatic nitrogens is 2. The van der Waals surface area contributed by atoms with Crippen LogP contribution in [0.5, 0.6) is 0 Å². The fourth-order valence-electron chi connectivity index (χ4n) is 1.06. The van der Waals surface area contributed by atoms with Crippen molar-refractivity contribution >= 4 is 5.91 Å². The predicted molar refractivity (Wildman–Crippen MR) is 53.6 cm³/mol. The smallest absolute Gasteiger partial charge is 0.236 e. The fraction of sp³-hybridized carbons (Fsp3) is 0.556. The number of H-pyrrole nitrogens is 1. The minimum absolute atomic E-state index is 0.0981. The quantitative estimate of drug-likeness (QED) is 0.610. The summed E-state index contributed by atoms with van der Waals surface area (Å²) in [5.41, 5.74) is 5.54. The molecule has 0 saturated carbocycles. The Morgan fingerprint density at radius 1 is 1.79 bits per heavy atom. The summed E-state index contributed by atoms with van der Waals surface area (Å²) in [6.45, 7) is 2.46. The molecular weight excluding hydrogens is 180 g/mol. The van der Waals surface area contributed by atoms with Crippen LogP contribution in [0.4, 0.5) is 0 Å². The molecule has 14 heavy (non-hydrogen) atoms. The van der Waals surface area contributed by atoms with Gasteiger partial charge in [-0.3, -0.25) is 4.79 Å². The number of amides is 1. The number of imidazole rings is 1. The zero-order chi connectivity index (χ0) is 10.4. The molecule has 1 aromatic rings. The van der Waals surface area contributed by atoms with Gasteiger partial charge in [0.1, 0.15) is 5.82 Å². The summed E-state index contributed by atoms with van der Waals surface area (Å²) in [5.74, 6) is 0.773. The normalized spacial score (nSPS) is 12.4. The molecule has 0 spiro atoms. The fourth-order valence-corrected chi connectivity index (χ4v) is 1.06. The van der Waals surface area contributed by atoms with Crippen molar-refractivity contribution in [3.63, 3.8) is 0 Å². The summed E-state index contributed by atoms with van der Waals surface area (Å²) < 4.78 is 0. The first-order valence-corrected chi connectivity index (χ1v) is 4.75. The van der Waals surface area contributed by atoms with E-state index in [-0.39, 0.29) is 5.91 Å². The van der Waals surface area contributed by atoms with Crippen LogP contribution >= 0.6 is 0 Å². The van der Waals surface area contributed by atoms with E-state index in [2.05, 4.69) is 15.3 Å². The summed E-state index contributed by atoms with van der Waals surface area (Å²) in [6.07, 6.45) is 4.81. The summed E-state index contributed by atoms with van der Waals surface area (Å²) in [4.78, 5) is 18.2. The summed E-state index contributed by atoms with van der Waals surface area (Å²) in [5, 5.41) is 2.75. The molecule has 0 aliphatic heterocycles. The number of carbonyl (C=O) groups excluding carboxylic acids is 1. The zero-order valence-electron chi connectivity index (χ0n) is 8.29. The lowest BCUT2D eigenvalue weighted by atomic mass is 10.2. The van der Waals surface area contributed by atoms with E-state index in [4.69, 9.17) is 5.73 Å². The first-order chi connectivity index (χ1) is 6.74. The Bertz CT molecular complexity index is 270. The number of nitrogens with zero attached hydrogens (tertiary/aromatic N) is 1. The summed E-state index contributed by atoms with van der Waals surface area (Å²) >= 11 is 0. The summed E-state index contributed by atoms with van der Waals surface area (Å²) in [7, 11) is 0. The van der Waals surface area contributed by atoms with Crippen LogP contribution in [0, 0.1) is 0 Å². The molecule has 78 valence electrons. The number of rotatable bonds is 5. The van der Waals surface area contributed by atoms with Gasteiger partial charge in [0.2, 0.25) is 5.91 Å². The Labute approximate surface area is 83.1 Å². The average Bonchev–Trinajstić information content (AvgIpc) is 2.69. The molecule has 0 bridgehead atoms. The molecule has 1 aromatic heterocycles. The van der Waals surface area contributed by atoms with Gasteiger partial charge in [0.25, 0.3) is 0 Å². The van der Waals surface area contributed by atoms with E-state index in [9.17, 15) is 4.79 Å². The lowest BCUT2D eigenvalue weighted by Gasteiger charge is -2.08. The molecule has 5 heteroatoms. The van der Waals surface area contributed by atoms with Crippen LogP contribution < -0.4 is 11.1 Å². The van der Waals surface area contributed by atoms with Crippen LogP contribution in [0.1, 0.15) is 19.2 Å². The van der Waals surface area contributed by atoms with Gasteiger partial charge in [-0.1, -0.05) is 6.92 Å². The van der Waals surface area contributed by atoms with Gasteiger partial charge < -0.3 is 16.0 Å². The number of nitrogens with two attached hydrogens (primary N) is 1. The minimum atomic E-state index is -0.397. The third-order valence-corrected chi connectivity index (χ3v) is 1.99. The van der Waals surface area contributed by atoms with Crippen LogP contribution in [0.15, 0.2) is 12.4 Å². The number of nitrogens with one attached hydrogen (secondary N) is 2. The summed E-state index contributed by atoms with van der Waals surface area (Å²) in [6, 6.07) is -0.397. The molecule has 1 rings (SSSR count). The van der Waals surface area contributed by atoms with Gasteiger partial charge >= 0.3 is 0 Å². The standard InChI is InChI=1S/C9H16N4O/c1-2-7(10)9(14)13-4-3-8-11-5-6-12-8/h5-7H,2-4,10H2,1H3,(H,11,12)(H,13,14)/t7-/m0/s1. The van der Waals surface area contributed by atoms with E-state index >= 15 is 0 Å². The topological polar surface area (TPSA) is 83.8 Å². The zero-order valence-corrected chi connectivity index (χ0v) is 8.29. The van der Waals surface area contributed by atoms with Crippen molar-refractivity contribution < 1.29 is 4.79 Å². The van der Waals surface area contributed by atoms with Crippen molar-refractivity contribution in [1.82, 2.24) is 15.3 Å². The van der Waals surface area contributed by atoms with Crippen LogP contribution in [-0.4, -0.2) is 28.5 Å².